The predicted octanol–water partition coefficient (Wildman–Crippen LogP) is 22.4. The molecule has 0 radical (unpaired) electrons. The van der Waals surface area contributed by atoms with Crippen molar-refractivity contribution in [1.29, 1.82) is 0 Å². The van der Waals surface area contributed by atoms with Crippen molar-refractivity contribution in [2.24, 2.45) is 20.0 Å². The maximum atomic E-state index is 14.5. The van der Waals surface area contributed by atoms with Gasteiger partial charge in [0.25, 0.3) is 0 Å². The molecule has 8 aromatic rings. The lowest BCUT2D eigenvalue weighted by molar-refractivity contribution is -0.129. The summed E-state index contributed by atoms with van der Waals surface area (Å²) in [6.45, 7) is 21.6. The molecule has 608 valence electrons. The standard InChI is InChI=1S/C100H116N4O12/c1-9-17-49-101-69-73-25-33-85(34-26-73)113-97(105)45-41-93-77-57-79-63-90(110-54-22-14-6)65-81(94(79)42-46-98(106)114-86-35-27-74(28-36-86)70-102-50-18-10-2)59-83-67-92(112-56-24-16-8)68-84(96(83)44-48-100(108)116-88-39-31-76(32-40-88)72-104-52-20-12-4)60-82-66-91(111-55-23-15-7)64-80(58-78(93)62-89(61-77)109-53-21-13-5)95(82)43-47-99(107)115-87-37-29-75(30-38-87)71-103-51-19-11-3/h25-48,61-72H,9-24,49-60H2,1-8H3. The van der Waals surface area contributed by atoms with Crippen LogP contribution in [-0.4, -0.2) is 101 Å². The van der Waals surface area contributed by atoms with Gasteiger partial charge in [-0.25, -0.2) is 19.2 Å². The van der Waals surface area contributed by atoms with Crippen molar-refractivity contribution in [2.45, 2.75) is 184 Å². The summed E-state index contributed by atoms with van der Waals surface area (Å²) in [5.41, 5.74) is 12.5. The number of benzene rings is 8. The highest BCUT2D eigenvalue weighted by Gasteiger charge is 2.24. The molecule has 0 amide bonds. The number of hydrogen-bond acceptors (Lipinski definition) is 16. The van der Waals surface area contributed by atoms with Gasteiger partial charge in [0, 0.05) is 75.3 Å². The molecule has 0 atom stereocenters. The van der Waals surface area contributed by atoms with Crippen LogP contribution in [0.3, 0.4) is 0 Å². The monoisotopic (exact) mass is 1560 g/mol. The van der Waals surface area contributed by atoms with Crippen LogP contribution < -0.4 is 37.9 Å². The fourth-order valence-corrected chi connectivity index (χ4v) is 12.9. The lowest BCUT2D eigenvalue weighted by atomic mass is 9.84. The second-order valence-corrected chi connectivity index (χ2v) is 29.0. The van der Waals surface area contributed by atoms with Crippen LogP contribution in [0.15, 0.2) is 190 Å². The first kappa shape index (κ1) is 88.4. The fraction of sp³-hybridized carbons (Fsp3) is 0.360. The van der Waals surface area contributed by atoms with Crippen molar-refractivity contribution in [1.82, 2.24) is 0 Å². The van der Waals surface area contributed by atoms with Crippen molar-refractivity contribution in [3.63, 3.8) is 0 Å². The van der Waals surface area contributed by atoms with Crippen LogP contribution in [0.4, 0.5) is 0 Å². The Morgan fingerprint density at radius 3 is 0.612 bits per heavy atom. The van der Waals surface area contributed by atoms with Crippen LogP contribution in [0.2, 0.25) is 0 Å². The highest BCUT2D eigenvalue weighted by atomic mass is 16.5. The van der Waals surface area contributed by atoms with E-state index >= 15 is 0 Å². The van der Waals surface area contributed by atoms with Gasteiger partial charge in [0.05, 0.1) is 26.4 Å². The molecule has 1 aliphatic carbocycles. The highest BCUT2D eigenvalue weighted by molar-refractivity contribution is 5.93. The van der Waals surface area contributed by atoms with Gasteiger partial charge in [0.1, 0.15) is 46.0 Å². The number of aliphatic imine (C=N–C) groups is 4. The van der Waals surface area contributed by atoms with Gasteiger partial charge in [0.2, 0.25) is 0 Å². The number of rotatable bonds is 44. The molecule has 0 unspecified atom stereocenters. The number of ether oxygens (including phenoxy) is 8. The number of nitrogens with zero attached hydrogens (tertiary/aromatic N) is 4. The number of carbonyl (C=O) groups excluding carboxylic acids is 4. The summed E-state index contributed by atoms with van der Waals surface area (Å²) in [7, 11) is 0. The van der Waals surface area contributed by atoms with E-state index in [1.54, 1.807) is 48.5 Å². The molecule has 16 nitrogen and oxygen atoms in total. The minimum absolute atomic E-state index is 0.204. The SMILES string of the molecule is CCCCN=Cc1ccc(OC(=O)C=Cc2c3cc(OCCCC)cc2Cc2cc(OCCCC)cc(c2C=CC(=O)Oc2ccc(C=NCCCC)cc2)Cc2cc(OCCCC)cc(c2C=CC(=O)Oc2ccc(C=NCCCC)cc2)Cc2cc(OCCCC)cc(c2C=CC(=O)Oc2ccc(C=NCCCC)cc2)C3)cc1. The number of fused-ring (bicyclic) bond motifs is 8. The first-order valence-electron chi connectivity index (χ1n) is 41.9. The smallest absolute Gasteiger partial charge is 0.336 e. The molecule has 0 aliphatic heterocycles. The Hall–Kier alpha value is -11.5. The van der Waals surface area contributed by atoms with E-state index in [9.17, 15) is 19.2 Å². The molecule has 0 N–H and O–H groups in total. The molecular weight excluding hydrogens is 1450 g/mol. The quantitative estimate of drug-likeness (QED) is 0.0116. The van der Waals surface area contributed by atoms with Gasteiger partial charge in [-0.2, -0.15) is 0 Å². The molecule has 9 rings (SSSR count). The molecular formula is C100H116N4O12. The van der Waals surface area contributed by atoms with Crippen LogP contribution in [-0.2, 0) is 44.9 Å². The summed E-state index contributed by atoms with van der Waals surface area (Å²) in [6.07, 6.45) is 35.9. The molecule has 16 heteroatoms. The van der Waals surface area contributed by atoms with Gasteiger partial charge in [-0.3, -0.25) is 20.0 Å². The maximum absolute atomic E-state index is 14.5. The maximum Gasteiger partial charge on any atom is 0.336 e. The predicted molar refractivity (Wildman–Crippen MR) is 473 cm³/mol. The molecule has 0 fully saturated rings. The van der Waals surface area contributed by atoms with Crippen LogP contribution in [0.5, 0.6) is 46.0 Å². The Morgan fingerprint density at radius 1 is 0.259 bits per heavy atom. The van der Waals surface area contributed by atoms with Gasteiger partial charge >= 0.3 is 23.9 Å². The third-order valence-electron chi connectivity index (χ3n) is 19.4. The molecule has 0 aromatic heterocycles. The second kappa shape index (κ2) is 49.3. The van der Waals surface area contributed by atoms with Crippen LogP contribution >= 0.6 is 0 Å². The lowest BCUT2D eigenvalue weighted by Crippen LogP contribution is -2.10. The summed E-state index contributed by atoms with van der Waals surface area (Å²) in [5.74, 6) is 1.38. The van der Waals surface area contributed by atoms with Gasteiger partial charge in [-0.1, -0.05) is 107 Å². The number of unbranched alkanes of at least 4 members (excludes halogenated alkanes) is 8. The van der Waals surface area contributed by atoms with Crippen LogP contribution in [0.25, 0.3) is 24.3 Å². The Morgan fingerprint density at radius 2 is 0.440 bits per heavy atom. The normalized spacial score (nSPS) is 12.3. The zero-order valence-electron chi connectivity index (χ0n) is 69.3. The van der Waals surface area contributed by atoms with Gasteiger partial charge in [0.15, 0.2) is 0 Å². The van der Waals surface area contributed by atoms with Crippen LogP contribution in [0, 0.1) is 0 Å². The Kier molecular flexibility index (Phi) is 37.6. The molecule has 8 aromatic carbocycles. The van der Waals surface area contributed by atoms with Crippen molar-refractivity contribution in [3.05, 3.63) is 259 Å². The molecule has 1 aliphatic rings. The molecule has 0 spiro atoms. The van der Waals surface area contributed by atoms with Gasteiger partial charge < -0.3 is 37.9 Å². The molecule has 0 saturated heterocycles. The van der Waals surface area contributed by atoms with E-state index in [1.807, 2.05) is 146 Å². The topological polar surface area (TPSA) is 192 Å². The van der Waals surface area contributed by atoms with E-state index in [-0.39, 0.29) is 25.7 Å². The van der Waals surface area contributed by atoms with Crippen molar-refractivity contribution in [3.8, 4) is 46.0 Å². The lowest BCUT2D eigenvalue weighted by Gasteiger charge is -2.23. The first-order valence-corrected chi connectivity index (χ1v) is 41.9. The third-order valence-corrected chi connectivity index (χ3v) is 19.4. The minimum Gasteiger partial charge on any atom is -0.494 e. The molecule has 0 saturated carbocycles. The first-order chi connectivity index (χ1) is 56.8. The Balaban J connectivity index is 1.31. The van der Waals surface area contributed by atoms with E-state index in [0.717, 1.165) is 196 Å². The summed E-state index contributed by atoms with van der Waals surface area (Å²) in [5, 5.41) is 0. The van der Waals surface area contributed by atoms with Crippen LogP contribution in [0.1, 0.15) is 247 Å². The molecule has 0 heterocycles. The van der Waals surface area contributed by atoms with E-state index in [1.165, 1.54) is 24.3 Å². The van der Waals surface area contributed by atoms with E-state index in [0.29, 0.717) is 94.7 Å². The number of carbonyl (C=O) groups is 4. The minimum atomic E-state index is -0.609. The fourth-order valence-electron chi connectivity index (χ4n) is 12.9. The van der Waals surface area contributed by atoms with E-state index in [2.05, 4.69) is 75.4 Å². The number of esters is 4. The zero-order valence-corrected chi connectivity index (χ0v) is 69.3. The summed E-state index contributed by atoms with van der Waals surface area (Å²) < 4.78 is 51.5. The largest absolute Gasteiger partial charge is 0.494 e. The summed E-state index contributed by atoms with van der Waals surface area (Å²) in [6, 6.07) is 45.3. The number of hydrogen-bond donors (Lipinski definition) is 0. The van der Waals surface area contributed by atoms with Crippen molar-refractivity contribution in [2.75, 3.05) is 52.6 Å². The van der Waals surface area contributed by atoms with E-state index < -0.39 is 23.9 Å². The molecule has 116 heavy (non-hydrogen) atoms. The Bertz CT molecular complexity index is 4030. The second-order valence-electron chi connectivity index (χ2n) is 29.0. The molecule has 8 bridgehead atoms. The zero-order chi connectivity index (χ0) is 81.9. The summed E-state index contributed by atoms with van der Waals surface area (Å²) >= 11 is 0. The van der Waals surface area contributed by atoms with Gasteiger partial charge in [-0.15, -0.1) is 0 Å². The average Bonchev–Trinajstić information content (AvgIpc) is 0.770. The summed E-state index contributed by atoms with van der Waals surface area (Å²) in [4.78, 5) is 76.5. The third kappa shape index (κ3) is 29.7. The van der Waals surface area contributed by atoms with Crippen molar-refractivity contribution >= 4 is 73.0 Å². The van der Waals surface area contributed by atoms with E-state index in [4.69, 9.17) is 37.9 Å². The highest BCUT2D eigenvalue weighted by Crippen LogP contribution is 2.39. The van der Waals surface area contributed by atoms with Gasteiger partial charge in [-0.05, 0) is 336 Å². The average molecular weight is 1570 g/mol. The van der Waals surface area contributed by atoms with Crippen molar-refractivity contribution < 1.29 is 57.1 Å². The Labute approximate surface area is 687 Å².